The summed E-state index contributed by atoms with van der Waals surface area (Å²) in [5, 5.41) is 5.29. The molecule has 0 fully saturated rings. The van der Waals surface area contributed by atoms with E-state index in [0.717, 1.165) is 12.8 Å². The molecule has 116 valence electrons. The van der Waals surface area contributed by atoms with Crippen LogP contribution in [0.1, 0.15) is 19.8 Å². The average Bonchev–Trinajstić information content (AvgIpc) is 2.50. The van der Waals surface area contributed by atoms with Crippen molar-refractivity contribution in [2.75, 3.05) is 25.5 Å². The summed E-state index contributed by atoms with van der Waals surface area (Å²) in [5.74, 6) is 0.0278. The van der Waals surface area contributed by atoms with Gasteiger partial charge >= 0.3 is 0 Å². The first kappa shape index (κ1) is 17.0. The molecule has 1 aromatic carbocycles. The van der Waals surface area contributed by atoms with Crippen LogP contribution in [0.25, 0.3) is 0 Å². The molecule has 4 N–H and O–H groups in total. The fraction of sp³-hybridized carbons (Fsp3) is 0.467. The standard InChI is InChI=1S/C15H23N3O3/c1-3-5-11(9-16)15(20)18-12-6-4-7-13(8-12)21-10-14(19)17-2/h4,6-8,11H,3,5,9-10,16H2,1-2H3,(H,17,19)(H,18,20). The van der Waals surface area contributed by atoms with Crippen LogP contribution in [0.5, 0.6) is 5.75 Å². The fourth-order valence-corrected chi connectivity index (χ4v) is 1.83. The molecule has 0 aromatic heterocycles. The third kappa shape index (κ3) is 5.83. The molecule has 0 spiro atoms. The third-order valence-corrected chi connectivity index (χ3v) is 3.04. The highest BCUT2D eigenvalue weighted by atomic mass is 16.5. The van der Waals surface area contributed by atoms with Gasteiger partial charge in [0.05, 0.1) is 5.92 Å². The summed E-state index contributed by atoms with van der Waals surface area (Å²) in [5.41, 5.74) is 6.24. The van der Waals surface area contributed by atoms with Crippen LogP contribution in [0.4, 0.5) is 5.69 Å². The Hall–Kier alpha value is -2.08. The second-order valence-electron chi connectivity index (χ2n) is 4.70. The molecule has 0 bridgehead atoms. The summed E-state index contributed by atoms with van der Waals surface area (Å²) in [6.07, 6.45) is 1.67. The molecule has 1 atom stereocenters. The number of carbonyl (C=O) groups is 2. The molecule has 6 nitrogen and oxygen atoms in total. The van der Waals surface area contributed by atoms with Gasteiger partial charge in [-0.1, -0.05) is 19.4 Å². The topological polar surface area (TPSA) is 93.5 Å². The van der Waals surface area contributed by atoms with Crippen molar-refractivity contribution < 1.29 is 14.3 Å². The van der Waals surface area contributed by atoms with Crippen LogP contribution in [0.15, 0.2) is 24.3 Å². The molecule has 21 heavy (non-hydrogen) atoms. The van der Waals surface area contributed by atoms with E-state index in [0.29, 0.717) is 18.0 Å². The number of rotatable bonds is 8. The van der Waals surface area contributed by atoms with Crippen LogP contribution >= 0.6 is 0 Å². The Balaban J connectivity index is 2.63. The number of anilines is 1. The van der Waals surface area contributed by atoms with Gasteiger partial charge in [0.15, 0.2) is 6.61 Å². The highest BCUT2D eigenvalue weighted by molar-refractivity contribution is 5.92. The number of nitrogens with one attached hydrogen (secondary N) is 2. The van der Waals surface area contributed by atoms with Crippen LogP contribution < -0.4 is 21.1 Å². The summed E-state index contributed by atoms with van der Waals surface area (Å²) in [6.45, 7) is 2.28. The van der Waals surface area contributed by atoms with Crippen molar-refractivity contribution >= 4 is 17.5 Å². The molecular weight excluding hydrogens is 270 g/mol. The second-order valence-corrected chi connectivity index (χ2v) is 4.70. The van der Waals surface area contributed by atoms with E-state index < -0.39 is 0 Å². The quantitative estimate of drug-likeness (QED) is 0.669. The zero-order valence-electron chi connectivity index (χ0n) is 12.5. The van der Waals surface area contributed by atoms with Crippen LogP contribution in [0, 0.1) is 5.92 Å². The summed E-state index contributed by atoms with van der Waals surface area (Å²) < 4.78 is 5.33. The summed E-state index contributed by atoms with van der Waals surface area (Å²) in [6, 6.07) is 6.93. The first-order valence-corrected chi connectivity index (χ1v) is 7.05. The van der Waals surface area contributed by atoms with E-state index >= 15 is 0 Å². The molecule has 0 aliphatic rings. The number of benzene rings is 1. The van der Waals surface area contributed by atoms with E-state index in [-0.39, 0.29) is 24.3 Å². The van der Waals surface area contributed by atoms with Gasteiger partial charge in [-0.15, -0.1) is 0 Å². The molecule has 0 aliphatic carbocycles. The Bertz CT molecular complexity index is 477. The monoisotopic (exact) mass is 293 g/mol. The predicted molar refractivity (Wildman–Crippen MR) is 82.1 cm³/mol. The molecule has 1 rings (SSSR count). The molecule has 0 saturated heterocycles. The second kappa shape index (κ2) is 8.97. The van der Waals surface area contributed by atoms with Crippen LogP contribution in [-0.4, -0.2) is 32.0 Å². The van der Waals surface area contributed by atoms with Gasteiger partial charge in [0.25, 0.3) is 5.91 Å². The summed E-state index contributed by atoms with van der Waals surface area (Å²) in [7, 11) is 1.54. The van der Waals surface area contributed by atoms with E-state index in [1.807, 2.05) is 6.92 Å². The molecule has 0 radical (unpaired) electrons. The van der Waals surface area contributed by atoms with Crippen LogP contribution in [-0.2, 0) is 9.59 Å². The highest BCUT2D eigenvalue weighted by Crippen LogP contribution is 2.18. The van der Waals surface area contributed by atoms with E-state index in [2.05, 4.69) is 10.6 Å². The lowest BCUT2D eigenvalue weighted by Gasteiger charge is -2.14. The van der Waals surface area contributed by atoms with Crippen molar-refractivity contribution in [1.82, 2.24) is 5.32 Å². The van der Waals surface area contributed by atoms with Gasteiger partial charge in [-0.25, -0.2) is 0 Å². The average molecular weight is 293 g/mol. The minimum Gasteiger partial charge on any atom is -0.484 e. The zero-order valence-corrected chi connectivity index (χ0v) is 12.5. The lowest BCUT2D eigenvalue weighted by Crippen LogP contribution is -2.29. The van der Waals surface area contributed by atoms with Crippen molar-refractivity contribution in [3.8, 4) is 5.75 Å². The largest absolute Gasteiger partial charge is 0.484 e. The molecule has 0 saturated carbocycles. The van der Waals surface area contributed by atoms with E-state index in [9.17, 15) is 9.59 Å². The maximum atomic E-state index is 12.1. The Morgan fingerprint density at radius 2 is 2.14 bits per heavy atom. The molecule has 0 aliphatic heterocycles. The minimum atomic E-state index is -0.212. The van der Waals surface area contributed by atoms with Crippen LogP contribution in [0.3, 0.4) is 0 Å². The Labute approximate surface area is 125 Å². The van der Waals surface area contributed by atoms with Crippen LogP contribution in [0.2, 0.25) is 0 Å². The van der Waals surface area contributed by atoms with Gasteiger partial charge in [0, 0.05) is 25.3 Å². The number of nitrogens with two attached hydrogens (primary N) is 1. The van der Waals surface area contributed by atoms with Crippen molar-refractivity contribution in [3.63, 3.8) is 0 Å². The maximum Gasteiger partial charge on any atom is 0.257 e. The number of carbonyl (C=O) groups excluding carboxylic acids is 2. The summed E-state index contributed by atoms with van der Waals surface area (Å²) >= 11 is 0. The molecule has 6 heteroatoms. The maximum absolute atomic E-state index is 12.1. The SMILES string of the molecule is CCCC(CN)C(=O)Nc1cccc(OCC(=O)NC)c1. The van der Waals surface area contributed by atoms with Crippen molar-refractivity contribution in [2.45, 2.75) is 19.8 Å². The van der Waals surface area contributed by atoms with E-state index in [1.54, 1.807) is 31.3 Å². The van der Waals surface area contributed by atoms with Gasteiger partial charge in [-0.05, 0) is 18.6 Å². The molecule has 0 heterocycles. The normalized spacial score (nSPS) is 11.6. The number of likely N-dealkylation sites (N-methyl/N-ethyl adjacent to an activating group) is 1. The van der Waals surface area contributed by atoms with Crippen molar-refractivity contribution in [1.29, 1.82) is 0 Å². The number of hydrogen-bond donors (Lipinski definition) is 3. The number of hydrogen-bond acceptors (Lipinski definition) is 4. The number of amides is 2. The molecule has 2 amide bonds. The van der Waals surface area contributed by atoms with Crippen molar-refractivity contribution in [2.24, 2.45) is 11.7 Å². The Morgan fingerprint density at radius 3 is 2.76 bits per heavy atom. The fourth-order valence-electron chi connectivity index (χ4n) is 1.83. The highest BCUT2D eigenvalue weighted by Gasteiger charge is 2.15. The number of ether oxygens (including phenoxy) is 1. The van der Waals surface area contributed by atoms with Gasteiger partial charge < -0.3 is 21.1 Å². The molecule has 1 aromatic rings. The minimum absolute atomic E-state index is 0.0604. The molecular formula is C15H23N3O3. The van der Waals surface area contributed by atoms with Gasteiger partial charge in [0.1, 0.15) is 5.75 Å². The lowest BCUT2D eigenvalue weighted by molar-refractivity contribution is -0.122. The van der Waals surface area contributed by atoms with Gasteiger partial charge in [-0.3, -0.25) is 9.59 Å². The Morgan fingerprint density at radius 1 is 1.38 bits per heavy atom. The Kier molecular flexibility index (Phi) is 7.25. The van der Waals surface area contributed by atoms with Gasteiger partial charge in [-0.2, -0.15) is 0 Å². The van der Waals surface area contributed by atoms with Crippen molar-refractivity contribution in [3.05, 3.63) is 24.3 Å². The zero-order chi connectivity index (χ0) is 15.7. The molecule has 1 unspecified atom stereocenters. The lowest BCUT2D eigenvalue weighted by atomic mass is 10.0. The third-order valence-electron chi connectivity index (χ3n) is 3.04. The predicted octanol–water partition coefficient (Wildman–Crippen LogP) is 1.12. The van der Waals surface area contributed by atoms with Gasteiger partial charge in [0.2, 0.25) is 5.91 Å². The first-order chi connectivity index (χ1) is 10.1. The summed E-state index contributed by atoms with van der Waals surface area (Å²) in [4.78, 5) is 23.2. The first-order valence-electron chi connectivity index (χ1n) is 7.05. The smallest absolute Gasteiger partial charge is 0.257 e. The van der Waals surface area contributed by atoms with E-state index in [1.165, 1.54) is 0 Å². The van der Waals surface area contributed by atoms with E-state index in [4.69, 9.17) is 10.5 Å².